The van der Waals surface area contributed by atoms with Gasteiger partial charge in [-0.2, -0.15) is 0 Å². The summed E-state index contributed by atoms with van der Waals surface area (Å²) in [7, 11) is 0. The minimum atomic E-state index is -0.102. The Bertz CT molecular complexity index is 1410. The van der Waals surface area contributed by atoms with Crippen LogP contribution in [0.3, 0.4) is 0 Å². The second-order valence-electron chi connectivity index (χ2n) is 7.33. The van der Waals surface area contributed by atoms with E-state index in [4.69, 9.17) is 0 Å². The maximum atomic E-state index is 13.2. The number of ketones is 2. The van der Waals surface area contributed by atoms with Gasteiger partial charge in [0.25, 0.3) is 0 Å². The highest BCUT2D eigenvalue weighted by Gasteiger charge is 2.30. The number of hydrogen-bond acceptors (Lipinski definition) is 4. The summed E-state index contributed by atoms with van der Waals surface area (Å²) in [4.78, 5) is 28.5. The molecule has 3 nitrogen and oxygen atoms in total. The molecule has 0 fully saturated rings. The van der Waals surface area contributed by atoms with Gasteiger partial charge < -0.3 is 4.57 Å². The first-order valence-corrected chi connectivity index (χ1v) is 11.6. The summed E-state index contributed by atoms with van der Waals surface area (Å²) >= 11 is 3.35. The van der Waals surface area contributed by atoms with E-state index in [0.717, 1.165) is 26.8 Å². The lowest BCUT2D eigenvalue weighted by molar-refractivity contribution is 0.0979. The molecule has 0 spiro atoms. The van der Waals surface area contributed by atoms with Gasteiger partial charge in [-0.1, -0.05) is 36.4 Å². The van der Waals surface area contributed by atoms with Gasteiger partial charge in [0.2, 0.25) is 0 Å². The standard InChI is InChI=1S/C26H15NO2S2/c28-25-17-5-1-2-6-18(17)26(29)20-15-16(9-10-19(20)25)27-21(23-7-3-13-30-23)11-12-22(27)24-8-4-14-31-24/h1-15H. The summed E-state index contributed by atoms with van der Waals surface area (Å²) < 4.78 is 2.18. The first kappa shape index (κ1) is 18.2. The quantitative estimate of drug-likeness (QED) is 0.309. The monoisotopic (exact) mass is 437 g/mol. The van der Waals surface area contributed by atoms with Crippen LogP contribution in [0.25, 0.3) is 26.8 Å². The van der Waals surface area contributed by atoms with E-state index in [0.29, 0.717) is 22.3 Å². The van der Waals surface area contributed by atoms with Crippen molar-refractivity contribution in [3.63, 3.8) is 0 Å². The van der Waals surface area contributed by atoms with Gasteiger partial charge in [0.1, 0.15) is 0 Å². The van der Waals surface area contributed by atoms with E-state index in [2.05, 4.69) is 39.6 Å². The third kappa shape index (κ3) is 2.78. The normalized spacial score (nSPS) is 12.6. The van der Waals surface area contributed by atoms with Crippen molar-refractivity contribution < 1.29 is 9.59 Å². The lowest BCUT2D eigenvalue weighted by Crippen LogP contribution is -2.21. The molecule has 3 aromatic heterocycles. The molecule has 0 radical (unpaired) electrons. The molecule has 0 unspecified atom stereocenters. The lowest BCUT2D eigenvalue weighted by atomic mass is 9.84. The van der Waals surface area contributed by atoms with Crippen molar-refractivity contribution in [3.05, 3.63) is 112 Å². The van der Waals surface area contributed by atoms with Gasteiger partial charge >= 0.3 is 0 Å². The molecule has 0 saturated carbocycles. The fourth-order valence-corrected chi connectivity index (χ4v) is 5.66. The summed E-state index contributed by atoms with van der Waals surface area (Å²) in [6.45, 7) is 0. The van der Waals surface area contributed by atoms with Crippen molar-refractivity contribution in [3.8, 4) is 26.8 Å². The second kappa shape index (κ2) is 7.01. The fourth-order valence-electron chi connectivity index (χ4n) is 4.17. The molecule has 0 aliphatic heterocycles. The molecule has 6 rings (SSSR count). The molecule has 1 aliphatic rings. The molecule has 1 aliphatic carbocycles. The van der Waals surface area contributed by atoms with E-state index in [9.17, 15) is 9.59 Å². The van der Waals surface area contributed by atoms with Crippen molar-refractivity contribution in [1.29, 1.82) is 0 Å². The van der Waals surface area contributed by atoms with Crippen LogP contribution in [-0.2, 0) is 0 Å². The zero-order chi connectivity index (χ0) is 20.9. The predicted octanol–water partition coefficient (Wildman–Crippen LogP) is 6.71. The van der Waals surface area contributed by atoms with E-state index >= 15 is 0 Å². The number of aromatic nitrogens is 1. The molecule has 0 atom stereocenters. The maximum Gasteiger partial charge on any atom is 0.194 e. The predicted molar refractivity (Wildman–Crippen MR) is 126 cm³/mol. The van der Waals surface area contributed by atoms with Crippen molar-refractivity contribution in [2.24, 2.45) is 0 Å². The first-order valence-electron chi connectivity index (χ1n) is 9.85. The summed E-state index contributed by atoms with van der Waals surface area (Å²) in [5.74, 6) is -0.198. The number of hydrogen-bond donors (Lipinski definition) is 0. The van der Waals surface area contributed by atoms with Crippen LogP contribution >= 0.6 is 22.7 Å². The average Bonchev–Trinajstić information content (AvgIpc) is 3.57. The van der Waals surface area contributed by atoms with E-state index in [-0.39, 0.29) is 11.6 Å². The summed E-state index contributed by atoms with van der Waals surface area (Å²) in [5, 5.41) is 4.12. The minimum Gasteiger partial charge on any atom is -0.308 e. The zero-order valence-electron chi connectivity index (χ0n) is 16.2. The zero-order valence-corrected chi connectivity index (χ0v) is 17.9. The van der Waals surface area contributed by atoms with Crippen molar-refractivity contribution in [2.75, 3.05) is 0 Å². The van der Waals surface area contributed by atoms with Crippen LogP contribution in [0.5, 0.6) is 0 Å². The number of carbonyl (C=O) groups excluding carboxylic acids is 2. The second-order valence-corrected chi connectivity index (χ2v) is 9.22. The van der Waals surface area contributed by atoms with Crippen molar-refractivity contribution in [2.45, 2.75) is 0 Å². The van der Waals surface area contributed by atoms with Crippen LogP contribution in [0, 0.1) is 0 Å². The Hall–Kier alpha value is -3.54. The third-order valence-corrected chi connectivity index (χ3v) is 7.38. The number of benzene rings is 2. The Morgan fingerprint density at radius 2 is 1.10 bits per heavy atom. The Morgan fingerprint density at radius 3 is 1.65 bits per heavy atom. The van der Waals surface area contributed by atoms with Crippen molar-refractivity contribution in [1.82, 2.24) is 4.57 Å². The van der Waals surface area contributed by atoms with Gasteiger partial charge in [-0.25, -0.2) is 0 Å². The Balaban J connectivity index is 1.58. The van der Waals surface area contributed by atoms with Crippen LogP contribution in [0.2, 0.25) is 0 Å². The highest BCUT2D eigenvalue weighted by Crippen LogP contribution is 2.37. The van der Waals surface area contributed by atoms with E-state index < -0.39 is 0 Å². The van der Waals surface area contributed by atoms with E-state index in [1.165, 1.54) is 0 Å². The molecular weight excluding hydrogens is 422 g/mol. The molecule has 0 amide bonds. The number of thiophene rings is 2. The first-order chi connectivity index (χ1) is 15.2. The number of nitrogens with zero attached hydrogens (tertiary/aromatic N) is 1. The third-order valence-electron chi connectivity index (χ3n) is 5.60. The molecule has 0 saturated heterocycles. The number of carbonyl (C=O) groups is 2. The molecule has 0 N–H and O–H groups in total. The van der Waals surface area contributed by atoms with E-state index in [1.807, 2.05) is 24.3 Å². The van der Waals surface area contributed by atoms with Crippen molar-refractivity contribution >= 4 is 34.2 Å². The molecular formula is C26H15NO2S2. The van der Waals surface area contributed by atoms with Gasteiger partial charge in [-0.05, 0) is 53.2 Å². The van der Waals surface area contributed by atoms with Crippen LogP contribution < -0.4 is 0 Å². The highest BCUT2D eigenvalue weighted by atomic mass is 32.1. The topological polar surface area (TPSA) is 39.1 Å². The van der Waals surface area contributed by atoms with Gasteiger partial charge in [0, 0.05) is 27.9 Å². The lowest BCUT2D eigenvalue weighted by Gasteiger charge is -2.19. The smallest absolute Gasteiger partial charge is 0.194 e. The molecule has 3 heterocycles. The van der Waals surface area contributed by atoms with Gasteiger partial charge in [0.15, 0.2) is 11.6 Å². The maximum absolute atomic E-state index is 13.2. The molecule has 5 heteroatoms. The Kier molecular flexibility index (Phi) is 4.13. The van der Waals surface area contributed by atoms with Gasteiger partial charge in [0.05, 0.1) is 21.1 Å². The molecule has 0 bridgehead atoms. The average molecular weight is 438 g/mol. The minimum absolute atomic E-state index is 0.0961. The van der Waals surface area contributed by atoms with Gasteiger partial charge in [-0.15, -0.1) is 22.7 Å². The van der Waals surface area contributed by atoms with E-state index in [1.54, 1.807) is 53.0 Å². The number of rotatable bonds is 3. The Labute approximate surface area is 186 Å². The van der Waals surface area contributed by atoms with Crippen LogP contribution in [-0.4, -0.2) is 16.1 Å². The van der Waals surface area contributed by atoms with Crippen LogP contribution in [0.15, 0.2) is 89.6 Å². The summed E-state index contributed by atoms with van der Waals surface area (Å²) in [6, 6.07) is 25.1. The molecule has 5 aromatic rings. The van der Waals surface area contributed by atoms with Crippen LogP contribution in [0.1, 0.15) is 31.8 Å². The molecule has 31 heavy (non-hydrogen) atoms. The molecule has 2 aromatic carbocycles. The summed E-state index contributed by atoms with van der Waals surface area (Å²) in [6.07, 6.45) is 0. The SMILES string of the molecule is O=C1c2ccccc2C(=O)c2cc(-n3c(-c4cccs4)ccc3-c3cccs3)ccc21. The number of fused-ring (bicyclic) bond motifs is 2. The largest absolute Gasteiger partial charge is 0.308 e. The van der Waals surface area contributed by atoms with Crippen LogP contribution in [0.4, 0.5) is 0 Å². The van der Waals surface area contributed by atoms with Gasteiger partial charge in [-0.3, -0.25) is 9.59 Å². The Morgan fingerprint density at radius 1 is 0.548 bits per heavy atom. The highest BCUT2D eigenvalue weighted by molar-refractivity contribution is 7.14. The fraction of sp³-hybridized carbons (Fsp3) is 0. The molecule has 148 valence electrons. The summed E-state index contributed by atoms with van der Waals surface area (Å²) in [5.41, 5.74) is 4.88.